The Morgan fingerprint density at radius 1 is 1.42 bits per heavy atom. The third-order valence-electron chi connectivity index (χ3n) is 3.21. The van der Waals surface area contributed by atoms with Gasteiger partial charge in [0.2, 0.25) is 0 Å². The summed E-state index contributed by atoms with van der Waals surface area (Å²) in [6.07, 6.45) is 4.19. The van der Waals surface area contributed by atoms with Gasteiger partial charge in [-0.2, -0.15) is 0 Å². The monoisotopic (exact) mass is 268 g/mol. The Kier molecular flexibility index (Phi) is 5.19. The molecule has 1 aliphatic heterocycles. The van der Waals surface area contributed by atoms with Gasteiger partial charge in [0, 0.05) is 6.61 Å². The summed E-state index contributed by atoms with van der Waals surface area (Å²) < 4.78 is 24.3. The molecule has 1 aromatic carbocycles. The average Bonchev–Trinajstić information content (AvgIpc) is 2.89. The Morgan fingerprint density at radius 2 is 2.26 bits per heavy atom. The lowest BCUT2D eigenvalue weighted by Gasteiger charge is -2.11. The van der Waals surface area contributed by atoms with Gasteiger partial charge in [0.25, 0.3) is 0 Å². The van der Waals surface area contributed by atoms with Crippen LogP contribution in [-0.2, 0) is 4.74 Å². The maximum Gasteiger partial charge on any atom is 0.488 e. The Bertz CT molecular complexity index is 408. The minimum absolute atomic E-state index is 0.0536. The van der Waals surface area contributed by atoms with Crippen molar-refractivity contribution in [3.8, 4) is 5.75 Å². The van der Waals surface area contributed by atoms with Gasteiger partial charge in [-0.15, -0.1) is 0 Å². The number of halogens is 1. The second-order valence-corrected chi connectivity index (χ2v) is 4.69. The zero-order valence-corrected chi connectivity index (χ0v) is 10.7. The summed E-state index contributed by atoms with van der Waals surface area (Å²) in [7, 11) is -1.62. The van der Waals surface area contributed by atoms with Crippen LogP contribution >= 0.6 is 0 Å². The molecule has 0 bridgehead atoms. The van der Waals surface area contributed by atoms with Crippen LogP contribution in [0.15, 0.2) is 18.2 Å². The van der Waals surface area contributed by atoms with Crippen molar-refractivity contribution in [2.24, 2.45) is 0 Å². The highest BCUT2D eigenvalue weighted by molar-refractivity contribution is 6.58. The van der Waals surface area contributed by atoms with Crippen molar-refractivity contribution in [3.63, 3.8) is 0 Å². The molecule has 1 unspecified atom stereocenters. The molecule has 1 fully saturated rings. The summed E-state index contributed by atoms with van der Waals surface area (Å²) >= 11 is 0. The standard InChI is InChI=1S/C13H18BFO4/c15-12-6-5-10(14(16)17)9-13(12)19-8-2-4-11-3-1-7-18-11/h5-6,9,11,16-17H,1-4,7-8H2. The quantitative estimate of drug-likeness (QED) is 0.593. The molecule has 0 amide bonds. The third kappa shape index (κ3) is 4.19. The molecule has 0 saturated carbocycles. The van der Waals surface area contributed by atoms with E-state index in [1.54, 1.807) is 0 Å². The lowest BCUT2D eigenvalue weighted by molar-refractivity contribution is 0.0979. The van der Waals surface area contributed by atoms with E-state index < -0.39 is 12.9 Å². The molecule has 1 heterocycles. The zero-order valence-electron chi connectivity index (χ0n) is 10.7. The van der Waals surface area contributed by atoms with Crippen molar-refractivity contribution >= 4 is 12.6 Å². The van der Waals surface area contributed by atoms with Crippen molar-refractivity contribution in [3.05, 3.63) is 24.0 Å². The maximum atomic E-state index is 13.4. The predicted molar refractivity (Wildman–Crippen MR) is 69.9 cm³/mol. The molecule has 6 heteroatoms. The van der Waals surface area contributed by atoms with Gasteiger partial charge in [0.1, 0.15) is 0 Å². The van der Waals surface area contributed by atoms with Crippen LogP contribution in [-0.4, -0.2) is 36.5 Å². The van der Waals surface area contributed by atoms with E-state index in [1.165, 1.54) is 18.2 Å². The molecular formula is C13H18BFO4. The molecule has 4 nitrogen and oxygen atoms in total. The summed E-state index contributed by atoms with van der Waals surface area (Å²) in [6.45, 7) is 1.22. The summed E-state index contributed by atoms with van der Waals surface area (Å²) in [4.78, 5) is 0. The van der Waals surface area contributed by atoms with Crippen LogP contribution in [0, 0.1) is 5.82 Å². The molecular weight excluding hydrogens is 250 g/mol. The lowest BCUT2D eigenvalue weighted by Crippen LogP contribution is -2.29. The highest BCUT2D eigenvalue weighted by Crippen LogP contribution is 2.18. The second kappa shape index (κ2) is 6.89. The predicted octanol–water partition coefficient (Wildman–Crippen LogP) is 0.843. The van der Waals surface area contributed by atoms with Crippen LogP contribution in [0.5, 0.6) is 5.75 Å². The van der Waals surface area contributed by atoms with E-state index in [4.69, 9.17) is 19.5 Å². The lowest BCUT2D eigenvalue weighted by atomic mass is 9.80. The van der Waals surface area contributed by atoms with Gasteiger partial charge in [-0.1, -0.05) is 6.07 Å². The topological polar surface area (TPSA) is 58.9 Å². The fraction of sp³-hybridized carbons (Fsp3) is 0.538. The van der Waals surface area contributed by atoms with Gasteiger partial charge in [-0.3, -0.25) is 0 Å². The van der Waals surface area contributed by atoms with E-state index in [0.717, 1.165) is 32.3 Å². The Hall–Kier alpha value is -1.11. The summed E-state index contributed by atoms with van der Waals surface area (Å²) in [5.74, 6) is -0.445. The van der Waals surface area contributed by atoms with E-state index >= 15 is 0 Å². The first-order chi connectivity index (χ1) is 9.16. The van der Waals surface area contributed by atoms with Crippen LogP contribution in [0.2, 0.25) is 0 Å². The first kappa shape index (κ1) is 14.3. The van der Waals surface area contributed by atoms with Crippen LogP contribution in [0.4, 0.5) is 4.39 Å². The SMILES string of the molecule is OB(O)c1ccc(F)c(OCCCC2CCCO2)c1. The van der Waals surface area contributed by atoms with E-state index in [2.05, 4.69) is 0 Å². The smallest absolute Gasteiger partial charge is 0.488 e. The van der Waals surface area contributed by atoms with Crippen molar-refractivity contribution in [2.45, 2.75) is 31.8 Å². The summed E-state index contributed by atoms with van der Waals surface area (Å²) in [6, 6.07) is 3.80. The summed E-state index contributed by atoms with van der Waals surface area (Å²) in [5.41, 5.74) is 0.218. The minimum atomic E-state index is -1.62. The first-order valence-electron chi connectivity index (χ1n) is 6.57. The zero-order chi connectivity index (χ0) is 13.7. The first-order valence-corrected chi connectivity index (χ1v) is 6.57. The van der Waals surface area contributed by atoms with Crippen LogP contribution in [0.3, 0.4) is 0 Å². The minimum Gasteiger partial charge on any atom is -0.491 e. The molecule has 1 aliphatic rings. The van der Waals surface area contributed by atoms with Crippen LogP contribution in [0.1, 0.15) is 25.7 Å². The Balaban J connectivity index is 1.79. The Labute approximate surface area is 112 Å². The number of hydrogen-bond donors (Lipinski definition) is 2. The van der Waals surface area contributed by atoms with Crippen molar-refractivity contribution in [1.29, 1.82) is 0 Å². The Morgan fingerprint density at radius 3 is 2.95 bits per heavy atom. The van der Waals surface area contributed by atoms with Crippen molar-refractivity contribution < 1.29 is 23.9 Å². The highest BCUT2D eigenvalue weighted by Gasteiger charge is 2.16. The third-order valence-corrected chi connectivity index (χ3v) is 3.21. The van der Waals surface area contributed by atoms with Gasteiger partial charge in [-0.05, 0) is 43.3 Å². The van der Waals surface area contributed by atoms with Gasteiger partial charge in [-0.25, -0.2) is 4.39 Å². The molecule has 19 heavy (non-hydrogen) atoms. The molecule has 1 saturated heterocycles. The van der Waals surface area contributed by atoms with E-state index in [9.17, 15) is 4.39 Å². The fourth-order valence-electron chi connectivity index (χ4n) is 2.16. The van der Waals surface area contributed by atoms with Gasteiger partial charge >= 0.3 is 7.12 Å². The fourth-order valence-corrected chi connectivity index (χ4v) is 2.16. The molecule has 0 spiro atoms. The van der Waals surface area contributed by atoms with Crippen LogP contribution < -0.4 is 10.2 Å². The van der Waals surface area contributed by atoms with Gasteiger partial charge < -0.3 is 19.5 Å². The molecule has 1 aromatic rings. The normalized spacial score (nSPS) is 18.6. The molecule has 0 aromatic heterocycles. The summed E-state index contributed by atoms with van der Waals surface area (Å²) in [5, 5.41) is 18.0. The molecule has 1 atom stereocenters. The number of benzene rings is 1. The molecule has 0 aliphatic carbocycles. The molecule has 104 valence electrons. The second-order valence-electron chi connectivity index (χ2n) is 4.69. The van der Waals surface area contributed by atoms with E-state index in [1.807, 2.05) is 0 Å². The highest BCUT2D eigenvalue weighted by atomic mass is 19.1. The van der Waals surface area contributed by atoms with Crippen LogP contribution in [0.25, 0.3) is 0 Å². The molecule has 2 N–H and O–H groups in total. The van der Waals surface area contributed by atoms with Gasteiger partial charge in [0.05, 0.1) is 12.7 Å². The molecule has 0 radical (unpaired) electrons. The van der Waals surface area contributed by atoms with Gasteiger partial charge in [0.15, 0.2) is 11.6 Å². The number of rotatable bonds is 6. The largest absolute Gasteiger partial charge is 0.491 e. The number of hydrogen-bond acceptors (Lipinski definition) is 4. The maximum absolute atomic E-state index is 13.4. The van der Waals surface area contributed by atoms with Crippen molar-refractivity contribution in [1.82, 2.24) is 0 Å². The van der Waals surface area contributed by atoms with Crippen molar-refractivity contribution in [2.75, 3.05) is 13.2 Å². The average molecular weight is 268 g/mol. The molecule has 2 rings (SSSR count). The van der Waals surface area contributed by atoms with E-state index in [0.29, 0.717) is 12.7 Å². The number of ether oxygens (including phenoxy) is 2. The van der Waals surface area contributed by atoms with E-state index in [-0.39, 0.29) is 11.2 Å².